The van der Waals surface area contributed by atoms with Crippen LogP contribution in [-0.4, -0.2) is 55.6 Å². The van der Waals surface area contributed by atoms with Crippen LogP contribution in [0, 0.1) is 5.92 Å². The van der Waals surface area contributed by atoms with Crippen LogP contribution < -0.4 is 11.1 Å². The maximum Gasteiger partial charge on any atom is 0.224 e. The van der Waals surface area contributed by atoms with E-state index in [1.165, 1.54) is 0 Å². The lowest BCUT2D eigenvalue weighted by molar-refractivity contribution is -0.135. The third kappa shape index (κ3) is 4.18. The van der Waals surface area contributed by atoms with Gasteiger partial charge in [0.15, 0.2) is 0 Å². The fourth-order valence-corrected chi connectivity index (χ4v) is 2.66. The number of rotatable bonds is 4. The Hall–Kier alpha value is -1.14. The zero-order chi connectivity index (χ0) is 13.7. The number of nitrogens with one attached hydrogen (secondary N) is 1. The molecule has 0 aromatic rings. The highest BCUT2D eigenvalue weighted by atomic mass is 16.5. The zero-order valence-electron chi connectivity index (χ0n) is 11.3. The van der Waals surface area contributed by atoms with Gasteiger partial charge in [-0.15, -0.1) is 0 Å². The van der Waals surface area contributed by atoms with Crippen molar-refractivity contribution in [2.45, 2.75) is 31.7 Å². The van der Waals surface area contributed by atoms with Crippen molar-refractivity contribution in [3.8, 4) is 0 Å². The molecule has 1 aliphatic carbocycles. The molecule has 2 aliphatic rings. The van der Waals surface area contributed by atoms with Crippen LogP contribution in [0.3, 0.4) is 0 Å². The van der Waals surface area contributed by atoms with Crippen LogP contribution in [0.1, 0.15) is 25.7 Å². The van der Waals surface area contributed by atoms with Gasteiger partial charge in [-0.3, -0.25) is 9.59 Å². The fraction of sp³-hybridized carbons (Fsp3) is 0.846. The topological polar surface area (TPSA) is 84.7 Å². The molecule has 2 amide bonds. The van der Waals surface area contributed by atoms with Gasteiger partial charge in [-0.2, -0.15) is 0 Å². The van der Waals surface area contributed by atoms with Crippen molar-refractivity contribution in [2.75, 3.05) is 32.8 Å². The molecule has 0 bridgehead atoms. The van der Waals surface area contributed by atoms with Crippen molar-refractivity contribution in [3.63, 3.8) is 0 Å². The quantitative estimate of drug-likeness (QED) is 0.719. The van der Waals surface area contributed by atoms with Crippen LogP contribution >= 0.6 is 0 Å². The van der Waals surface area contributed by atoms with Gasteiger partial charge in [0.2, 0.25) is 11.8 Å². The molecule has 1 heterocycles. The Labute approximate surface area is 113 Å². The van der Waals surface area contributed by atoms with Crippen molar-refractivity contribution in [3.05, 3.63) is 0 Å². The minimum atomic E-state index is 0.0356. The van der Waals surface area contributed by atoms with Gasteiger partial charge in [-0.05, 0) is 19.3 Å². The lowest BCUT2D eigenvalue weighted by Crippen LogP contribution is -2.42. The molecule has 3 N–H and O–H groups in total. The summed E-state index contributed by atoms with van der Waals surface area (Å²) in [6.07, 6.45) is 2.92. The summed E-state index contributed by atoms with van der Waals surface area (Å²) in [4.78, 5) is 25.5. The number of nitrogens with zero attached hydrogens (tertiary/aromatic N) is 1. The molecule has 6 nitrogen and oxygen atoms in total. The van der Waals surface area contributed by atoms with Crippen LogP contribution in [-0.2, 0) is 14.3 Å². The molecule has 1 saturated heterocycles. The second-order valence-electron chi connectivity index (χ2n) is 5.30. The van der Waals surface area contributed by atoms with Gasteiger partial charge in [0.25, 0.3) is 0 Å². The highest BCUT2D eigenvalue weighted by molar-refractivity contribution is 5.80. The molecular weight excluding hydrogens is 246 g/mol. The maximum absolute atomic E-state index is 11.9. The number of hydrogen-bond donors (Lipinski definition) is 2. The Morgan fingerprint density at radius 2 is 2.00 bits per heavy atom. The van der Waals surface area contributed by atoms with E-state index in [1.807, 2.05) is 0 Å². The Bertz CT molecular complexity index is 312. The van der Waals surface area contributed by atoms with Crippen LogP contribution in [0.15, 0.2) is 0 Å². The van der Waals surface area contributed by atoms with Gasteiger partial charge in [0.1, 0.15) is 0 Å². The van der Waals surface area contributed by atoms with Gasteiger partial charge in [-0.1, -0.05) is 0 Å². The minimum absolute atomic E-state index is 0.0356. The van der Waals surface area contributed by atoms with Gasteiger partial charge < -0.3 is 20.7 Å². The number of carbonyl (C=O) groups excluding carboxylic acids is 2. The van der Waals surface area contributed by atoms with Crippen molar-refractivity contribution in [1.29, 1.82) is 0 Å². The second-order valence-corrected chi connectivity index (χ2v) is 5.30. The first-order chi connectivity index (χ1) is 9.16. The Balaban J connectivity index is 1.62. The Morgan fingerprint density at radius 1 is 1.26 bits per heavy atom. The summed E-state index contributed by atoms with van der Waals surface area (Å²) < 4.78 is 5.19. The summed E-state index contributed by atoms with van der Waals surface area (Å²) in [7, 11) is 0. The number of hydrogen-bond acceptors (Lipinski definition) is 4. The summed E-state index contributed by atoms with van der Waals surface area (Å²) in [5.74, 6) is 0.169. The molecular formula is C13H23N3O3. The Kier molecular flexibility index (Phi) is 5.15. The summed E-state index contributed by atoms with van der Waals surface area (Å²) in [5, 5.41) is 2.84. The van der Waals surface area contributed by atoms with Crippen LogP contribution in [0.2, 0.25) is 0 Å². The minimum Gasteiger partial charge on any atom is -0.378 e. The maximum atomic E-state index is 11.9. The molecule has 6 heteroatoms. The standard InChI is InChI=1S/C13H23N3O3/c14-11-2-1-10(9-11)13(18)15-4-3-12(17)16-5-7-19-8-6-16/h10-11H,1-9,14H2,(H,15,18). The molecule has 0 spiro atoms. The van der Waals surface area contributed by atoms with Crippen molar-refractivity contribution in [2.24, 2.45) is 11.7 Å². The molecule has 2 atom stereocenters. The predicted molar refractivity (Wildman–Crippen MR) is 70.3 cm³/mol. The number of carbonyl (C=O) groups is 2. The number of ether oxygens (including phenoxy) is 1. The summed E-state index contributed by atoms with van der Waals surface area (Å²) in [6, 6.07) is 0.158. The molecule has 19 heavy (non-hydrogen) atoms. The van der Waals surface area contributed by atoms with E-state index in [9.17, 15) is 9.59 Å². The first kappa shape index (κ1) is 14.3. The summed E-state index contributed by atoms with van der Waals surface area (Å²) in [5.41, 5.74) is 5.78. The van der Waals surface area contributed by atoms with E-state index in [4.69, 9.17) is 10.5 Å². The van der Waals surface area contributed by atoms with Crippen molar-refractivity contribution in [1.82, 2.24) is 10.2 Å². The van der Waals surface area contributed by atoms with Gasteiger partial charge >= 0.3 is 0 Å². The smallest absolute Gasteiger partial charge is 0.224 e. The van der Waals surface area contributed by atoms with Crippen LogP contribution in [0.5, 0.6) is 0 Å². The fourth-order valence-electron chi connectivity index (χ4n) is 2.66. The summed E-state index contributed by atoms with van der Waals surface area (Å²) >= 11 is 0. The van der Waals surface area contributed by atoms with Crippen molar-refractivity contribution >= 4 is 11.8 Å². The molecule has 2 unspecified atom stereocenters. The number of morpholine rings is 1. The SMILES string of the molecule is NC1CCC(C(=O)NCCC(=O)N2CCOCC2)C1. The third-order valence-electron chi connectivity index (χ3n) is 3.85. The van der Waals surface area contributed by atoms with E-state index in [0.717, 1.165) is 19.3 Å². The molecule has 2 rings (SSSR count). The number of amides is 2. The van der Waals surface area contributed by atoms with Gasteiger partial charge in [-0.25, -0.2) is 0 Å². The molecule has 1 aliphatic heterocycles. The van der Waals surface area contributed by atoms with E-state index in [0.29, 0.717) is 39.3 Å². The summed E-state index contributed by atoms with van der Waals surface area (Å²) in [6.45, 7) is 2.95. The Morgan fingerprint density at radius 3 is 2.63 bits per heavy atom. The molecule has 0 aromatic carbocycles. The van der Waals surface area contributed by atoms with Crippen LogP contribution in [0.25, 0.3) is 0 Å². The zero-order valence-corrected chi connectivity index (χ0v) is 11.3. The highest BCUT2D eigenvalue weighted by Gasteiger charge is 2.27. The lowest BCUT2D eigenvalue weighted by atomic mass is 10.1. The number of nitrogens with two attached hydrogens (primary N) is 1. The highest BCUT2D eigenvalue weighted by Crippen LogP contribution is 2.23. The van der Waals surface area contributed by atoms with E-state index in [2.05, 4.69) is 5.32 Å². The molecule has 108 valence electrons. The van der Waals surface area contributed by atoms with E-state index >= 15 is 0 Å². The van der Waals surface area contributed by atoms with E-state index in [1.54, 1.807) is 4.90 Å². The van der Waals surface area contributed by atoms with E-state index in [-0.39, 0.29) is 23.8 Å². The molecule has 1 saturated carbocycles. The molecule has 2 fully saturated rings. The van der Waals surface area contributed by atoms with Crippen LogP contribution in [0.4, 0.5) is 0 Å². The molecule has 0 aromatic heterocycles. The van der Waals surface area contributed by atoms with Crippen molar-refractivity contribution < 1.29 is 14.3 Å². The lowest BCUT2D eigenvalue weighted by Gasteiger charge is -2.26. The molecule has 0 radical (unpaired) electrons. The van der Waals surface area contributed by atoms with E-state index < -0.39 is 0 Å². The average molecular weight is 269 g/mol. The average Bonchev–Trinajstić information content (AvgIpc) is 2.86. The first-order valence-corrected chi connectivity index (χ1v) is 7.05. The van der Waals surface area contributed by atoms with Gasteiger partial charge in [0.05, 0.1) is 13.2 Å². The predicted octanol–water partition coefficient (Wildman–Crippen LogP) is -0.521. The largest absolute Gasteiger partial charge is 0.378 e. The monoisotopic (exact) mass is 269 g/mol. The second kappa shape index (κ2) is 6.86. The third-order valence-corrected chi connectivity index (χ3v) is 3.85. The normalized spacial score (nSPS) is 27.3. The first-order valence-electron chi connectivity index (χ1n) is 7.05. The van der Waals surface area contributed by atoms with Gasteiger partial charge in [0, 0.05) is 38.0 Å².